The van der Waals surface area contributed by atoms with Gasteiger partial charge in [0.2, 0.25) is 0 Å². The minimum absolute atomic E-state index is 0.363. The summed E-state index contributed by atoms with van der Waals surface area (Å²) in [4.78, 5) is 0. The Morgan fingerprint density at radius 2 is 1.95 bits per heavy atom. The third-order valence-electron chi connectivity index (χ3n) is 2.78. The molecule has 0 fully saturated rings. The molecule has 0 saturated carbocycles. The molecular weight excluding hydrogens is 262 g/mol. The quantitative estimate of drug-likeness (QED) is 0.839. The molecule has 5 heteroatoms. The smallest absolute Gasteiger partial charge is 0.488 e. The molecule has 98 valence electrons. The van der Waals surface area contributed by atoms with Crippen LogP contribution < -0.4 is 10.2 Å². The maximum absolute atomic E-state index is 9.10. The van der Waals surface area contributed by atoms with Crippen molar-refractivity contribution in [1.82, 2.24) is 0 Å². The Bertz CT molecular complexity index is 572. The maximum Gasteiger partial charge on any atom is 0.488 e. The molecule has 0 atom stereocenters. The second kappa shape index (κ2) is 6.11. The average Bonchev–Trinajstić information content (AvgIpc) is 2.40. The Kier molecular flexibility index (Phi) is 4.48. The van der Waals surface area contributed by atoms with Crippen molar-refractivity contribution >= 4 is 24.2 Å². The van der Waals surface area contributed by atoms with Crippen LogP contribution in [0.5, 0.6) is 5.75 Å². The molecule has 0 amide bonds. The van der Waals surface area contributed by atoms with Crippen LogP contribution in [-0.2, 0) is 6.61 Å². The van der Waals surface area contributed by atoms with Gasteiger partial charge < -0.3 is 14.8 Å². The number of rotatable bonds is 4. The summed E-state index contributed by atoms with van der Waals surface area (Å²) in [5.74, 6) is 0.733. The Morgan fingerprint density at radius 3 is 2.63 bits per heavy atom. The van der Waals surface area contributed by atoms with E-state index >= 15 is 0 Å². The molecular formula is C14H14BClO3. The lowest BCUT2D eigenvalue weighted by atomic mass is 9.80. The van der Waals surface area contributed by atoms with E-state index in [-0.39, 0.29) is 0 Å². The Hall–Kier alpha value is -1.49. The van der Waals surface area contributed by atoms with Crippen LogP contribution in [0.25, 0.3) is 0 Å². The number of ether oxygens (including phenoxy) is 1. The van der Waals surface area contributed by atoms with Gasteiger partial charge in [-0.1, -0.05) is 35.9 Å². The van der Waals surface area contributed by atoms with Crippen LogP contribution in [0.2, 0.25) is 5.02 Å². The molecule has 0 aliphatic carbocycles. The summed E-state index contributed by atoms with van der Waals surface area (Å²) < 4.78 is 5.64. The van der Waals surface area contributed by atoms with Crippen molar-refractivity contribution in [3.05, 3.63) is 58.6 Å². The van der Waals surface area contributed by atoms with Crippen molar-refractivity contribution in [3.8, 4) is 5.75 Å². The van der Waals surface area contributed by atoms with E-state index in [9.17, 15) is 0 Å². The van der Waals surface area contributed by atoms with E-state index in [1.807, 2.05) is 19.1 Å². The minimum Gasteiger partial charge on any atom is -0.489 e. The van der Waals surface area contributed by atoms with Gasteiger partial charge in [-0.3, -0.25) is 0 Å². The van der Waals surface area contributed by atoms with Gasteiger partial charge in [0.1, 0.15) is 12.4 Å². The third-order valence-corrected chi connectivity index (χ3v) is 3.21. The zero-order chi connectivity index (χ0) is 13.8. The van der Waals surface area contributed by atoms with E-state index < -0.39 is 7.12 Å². The van der Waals surface area contributed by atoms with E-state index in [1.54, 1.807) is 30.3 Å². The van der Waals surface area contributed by atoms with Gasteiger partial charge in [0.15, 0.2) is 0 Å². The highest BCUT2D eigenvalue weighted by Crippen LogP contribution is 2.21. The number of benzene rings is 2. The van der Waals surface area contributed by atoms with Crippen LogP contribution in [0.1, 0.15) is 11.1 Å². The summed E-state index contributed by atoms with van der Waals surface area (Å²) in [6.45, 7) is 2.28. The van der Waals surface area contributed by atoms with Crippen molar-refractivity contribution in [2.45, 2.75) is 13.5 Å². The van der Waals surface area contributed by atoms with Crippen LogP contribution in [-0.4, -0.2) is 17.2 Å². The van der Waals surface area contributed by atoms with Gasteiger partial charge in [-0.2, -0.15) is 0 Å². The van der Waals surface area contributed by atoms with Crippen molar-refractivity contribution in [3.63, 3.8) is 0 Å². The van der Waals surface area contributed by atoms with Crippen LogP contribution in [0.3, 0.4) is 0 Å². The largest absolute Gasteiger partial charge is 0.489 e. The molecule has 2 N–H and O–H groups in total. The molecule has 2 aromatic rings. The highest BCUT2D eigenvalue weighted by atomic mass is 35.5. The first-order chi connectivity index (χ1) is 9.06. The van der Waals surface area contributed by atoms with Gasteiger partial charge in [-0.25, -0.2) is 0 Å². The van der Waals surface area contributed by atoms with Gasteiger partial charge in [-0.15, -0.1) is 0 Å². The molecule has 0 bridgehead atoms. The second-order valence-electron chi connectivity index (χ2n) is 4.32. The van der Waals surface area contributed by atoms with Gasteiger partial charge in [0, 0.05) is 5.02 Å². The Morgan fingerprint density at radius 1 is 1.16 bits per heavy atom. The van der Waals surface area contributed by atoms with Gasteiger partial charge in [-0.05, 0) is 41.7 Å². The van der Waals surface area contributed by atoms with E-state index in [1.165, 1.54) is 0 Å². The maximum atomic E-state index is 9.10. The summed E-state index contributed by atoms with van der Waals surface area (Å²) in [5, 5.41) is 18.9. The van der Waals surface area contributed by atoms with E-state index in [2.05, 4.69) is 0 Å². The molecule has 0 aliphatic rings. The summed E-state index contributed by atoms with van der Waals surface area (Å²) in [6, 6.07) is 12.5. The summed E-state index contributed by atoms with van der Waals surface area (Å²) >= 11 is 5.94. The highest BCUT2D eigenvalue weighted by Gasteiger charge is 2.10. The van der Waals surface area contributed by atoms with Crippen LogP contribution >= 0.6 is 11.6 Å². The van der Waals surface area contributed by atoms with Crippen LogP contribution in [0.15, 0.2) is 42.5 Å². The summed E-state index contributed by atoms with van der Waals surface area (Å²) in [7, 11) is -1.46. The molecule has 2 aromatic carbocycles. The predicted molar refractivity (Wildman–Crippen MR) is 76.8 cm³/mol. The lowest BCUT2D eigenvalue weighted by molar-refractivity contribution is 0.306. The normalized spacial score (nSPS) is 10.3. The third kappa shape index (κ3) is 3.74. The van der Waals surface area contributed by atoms with Crippen LogP contribution in [0.4, 0.5) is 0 Å². The first-order valence-electron chi connectivity index (χ1n) is 5.90. The van der Waals surface area contributed by atoms with Gasteiger partial charge >= 0.3 is 7.12 Å². The van der Waals surface area contributed by atoms with Gasteiger partial charge in [0.05, 0.1) is 0 Å². The van der Waals surface area contributed by atoms with E-state index in [0.717, 1.165) is 16.9 Å². The number of aryl methyl sites for hydroxylation is 1. The van der Waals surface area contributed by atoms with Crippen molar-refractivity contribution in [1.29, 1.82) is 0 Å². The first-order valence-corrected chi connectivity index (χ1v) is 6.28. The molecule has 19 heavy (non-hydrogen) atoms. The standard InChI is InChI=1S/C14H14BClO3/c1-10-7-13(5-6-14(10)16)19-9-11-3-2-4-12(8-11)15(17)18/h2-8,17-18H,9H2,1H3. The van der Waals surface area contributed by atoms with Crippen molar-refractivity contribution in [2.24, 2.45) is 0 Å². The average molecular weight is 277 g/mol. The fourth-order valence-corrected chi connectivity index (χ4v) is 1.83. The molecule has 0 heterocycles. The summed E-state index contributed by atoms with van der Waals surface area (Å²) in [6.07, 6.45) is 0. The number of hydrogen-bond donors (Lipinski definition) is 2. The molecule has 0 unspecified atom stereocenters. The predicted octanol–water partition coefficient (Wildman–Crippen LogP) is 1.91. The van der Waals surface area contributed by atoms with Crippen molar-refractivity contribution < 1.29 is 14.8 Å². The fraction of sp³-hybridized carbons (Fsp3) is 0.143. The molecule has 0 spiro atoms. The minimum atomic E-state index is -1.46. The molecule has 2 rings (SSSR count). The Balaban J connectivity index is 2.05. The SMILES string of the molecule is Cc1cc(OCc2cccc(B(O)O)c2)ccc1Cl. The van der Waals surface area contributed by atoms with Gasteiger partial charge in [0.25, 0.3) is 0 Å². The Labute approximate surface area is 117 Å². The number of hydrogen-bond acceptors (Lipinski definition) is 3. The summed E-state index contributed by atoms with van der Waals surface area (Å²) in [5.41, 5.74) is 2.28. The molecule has 0 aliphatic heterocycles. The van der Waals surface area contributed by atoms with E-state index in [4.69, 9.17) is 26.4 Å². The fourth-order valence-electron chi connectivity index (χ4n) is 1.72. The molecule has 0 radical (unpaired) electrons. The zero-order valence-electron chi connectivity index (χ0n) is 10.5. The first kappa shape index (κ1) is 13.9. The monoisotopic (exact) mass is 276 g/mol. The lowest BCUT2D eigenvalue weighted by Crippen LogP contribution is -2.29. The van der Waals surface area contributed by atoms with Crippen LogP contribution in [0, 0.1) is 6.92 Å². The molecule has 3 nitrogen and oxygen atoms in total. The van der Waals surface area contributed by atoms with Crippen molar-refractivity contribution in [2.75, 3.05) is 0 Å². The molecule has 0 aromatic heterocycles. The molecule has 0 saturated heterocycles. The lowest BCUT2D eigenvalue weighted by Gasteiger charge is -2.09. The van der Waals surface area contributed by atoms with E-state index in [0.29, 0.717) is 17.1 Å². The topological polar surface area (TPSA) is 49.7 Å². The zero-order valence-corrected chi connectivity index (χ0v) is 11.3. The number of halogens is 1. The second-order valence-corrected chi connectivity index (χ2v) is 4.73. The highest BCUT2D eigenvalue weighted by molar-refractivity contribution is 6.58.